The van der Waals surface area contributed by atoms with Crippen LogP contribution in [-0.2, 0) is 15.0 Å². The third-order valence-corrected chi connectivity index (χ3v) is 4.88. The Hall–Kier alpha value is -0.700. The van der Waals surface area contributed by atoms with Crippen LogP contribution >= 0.6 is 0 Å². The highest BCUT2D eigenvalue weighted by Crippen LogP contribution is 2.19. The molecule has 0 radical (unpaired) electrons. The second-order valence-corrected chi connectivity index (χ2v) is 6.45. The van der Waals surface area contributed by atoms with E-state index in [1.807, 2.05) is 0 Å². The molecule has 1 saturated heterocycles. The molecule has 0 amide bonds. The number of aliphatic carboxylic acids is 1. The highest BCUT2D eigenvalue weighted by Gasteiger charge is 2.30. The Labute approximate surface area is 113 Å². The largest absolute Gasteiger partial charge is 0.481 e. The lowest BCUT2D eigenvalue weighted by Crippen LogP contribution is -2.46. The Morgan fingerprint density at radius 2 is 1.84 bits per heavy atom. The minimum Gasteiger partial charge on any atom is -0.481 e. The van der Waals surface area contributed by atoms with Crippen LogP contribution in [-0.4, -0.2) is 55.1 Å². The molecule has 0 bridgehead atoms. The van der Waals surface area contributed by atoms with E-state index in [0.29, 0.717) is 32.2 Å². The number of carboxylic acids is 1. The van der Waals surface area contributed by atoms with Crippen molar-refractivity contribution in [3.05, 3.63) is 0 Å². The predicted octanol–water partition coefficient (Wildman–Crippen LogP) is -0.220. The van der Waals surface area contributed by atoms with E-state index in [1.165, 1.54) is 4.31 Å². The predicted molar refractivity (Wildman–Crippen MR) is 69.8 cm³/mol. The second-order valence-electron chi connectivity index (χ2n) is 4.70. The Morgan fingerprint density at radius 1 is 1.21 bits per heavy atom. The number of aliphatic hydroxyl groups excluding tert-OH is 1. The van der Waals surface area contributed by atoms with Gasteiger partial charge in [-0.25, -0.2) is 4.72 Å². The molecule has 1 rings (SSSR count). The van der Waals surface area contributed by atoms with Gasteiger partial charge in [0.05, 0.1) is 5.92 Å². The first-order chi connectivity index (χ1) is 8.97. The SMILES string of the molecule is O=C(O)C1CCN(S(=O)(=O)NCCCCCO)CC1. The maximum Gasteiger partial charge on any atom is 0.306 e. The molecule has 0 saturated carbocycles. The number of unbranched alkanes of at least 4 members (excludes halogenated alkanes) is 2. The molecule has 0 unspecified atom stereocenters. The van der Waals surface area contributed by atoms with Gasteiger partial charge in [0.15, 0.2) is 0 Å². The molecular weight excluding hydrogens is 272 g/mol. The van der Waals surface area contributed by atoms with Gasteiger partial charge in [0.1, 0.15) is 0 Å². The average molecular weight is 294 g/mol. The summed E-state index contributed by atoms with van der Waals surface area (Å²) < 4.78 is 27.6. The van der Waals surface area contributed by atoms with Crippen molar-refractivity contribution in [2.45, 2.75) is 32.1 Å². The number of carbonyl (C=O) groups is 1. The molecule has 8 heteroatoms. The van der Waals surface area contributed by atoms with Crippen LogP contribution < -0.4 is 4.72 Å². The van der Waals surface area contributed by atoms with E-state index < -0.39 is 22.1 Å². The van der Waals surface area contributed by atoms with E-state index in [1.54, 1.807) is 0 Å². The van der Waals surface area contributed by atoms with Crippen LogP contribution in [0.4, 0.5) is 0 Å². The monoisotopic (exact) mass is 294 g/mol. The fourth-order valence-corrected chi connectivity index (χ4v) is 3.33. The van der Waals surface area contributed by atoms with Crippen molar-refractivity contribution in [2.75, 3.05) is 26.2 Å². The number of carboxylic acid groups (broad SMARTS) is 1. The van der Waals surface area contributed by atoms with E-state index in [-0.39, 0.29) is 19.7 Å². The molecule has 0 aromatic heterocycles. The van der Waals surface area contributed by atoms with Gasteiger partial charge in [-0.1, -0.05) is 0 Å². The van der Waals surface area contributed by atoms with Gasteiger partial charge in [-0.15, -0.1) is 0 Å². The Bertz CT molecular complexity index is 377. The van der Waals surface area contributed by atoms with Gasteiger partial charge in [-0.05, 0) is 32.1 Å². The van der Waals surface area contributed by atoms with Crippen molar-refractivity contribution >= 4 is 16.2 Å². The number of nitrogens with zero attached hydrogens (tertiary/aromatic N) is 1. The quantitative estimate of drug-likeness (QED) is 0.537. The van der Waals surface area contributed by atoms with Crippen molar-refractivity contribution in [3.8, 4) is 0 Å². The highest BCUT2D eigenvalue weighted by atomic mass is 32.2. The van der Waals surface area contributed by atoms with E-state index in [9.17, 15) is 13.2 Å². The van der Waals surface area contributed by atoms with Gasteiger partial charge in [0.2, 0.25) is 0 Å². The zero-order chi connectivity index (χ0) is 14.3. The van der Waals surface area contributed by atoms with E-state index >= 15 is 0 Å². The molecule has 3 N–H and O–H groups in total. The van der Waals surface area contributed by atoms with E-state index in [0.717, 1.165) is 6.42 Å². The first kappa shape index (κ1) is 16.4. The zero-order valence-corrected chi connectivity index (χ0v) is 11.7. The molecule has 1 fully saturated rings. The number of hydrogen-bond acceptors (Lipinski definition) is 4. The summed E-state index contributed by atoms with van der Waals surface area (Å²) in [5.41, 5.74) is 0. The molecule has 0 aromatic rings. The Morgan fingerprint density at radius 3 is 2.37 bits per heavy atom. The normalized spacial score (nSPS) is 18.6. The molecule has 112 valence electrons. The topological polar surface area (TPSA) is 107 Å². The number of nitrogens with one attached hydrogen (secondary N) is 1. The summed E-state index contributed by atoms with van der Waals surface area (Å²) in [6.45, 7) is 0.975. The number of hydrogen-bond donors (Lipinski definition) is 3. The minimum absolute atomic E-state index is 0.120. The lowest BCUT2D eigenvalue weighted by molar-refractivity contribution is -0.142. The smallest absolute Gasteiger partial charge is 0.306 e. The molecule has 1 aliphatic rings. The summed E-state index contributed by atoms with van der Waals surface area (Å²) in [6, 6.07) is 0. The van der Waals surface area contributed by atoms with Crippen molar-refractivity contribution in [3.63, 3.8) is 0 Å². The Kier molecular flexibility index (Phi) is 6.70. The molecule has 0 aromatic carbocycles. The number of piperidine rings is 1. The fraction of sp³-hybridized carbons (Fsp3) is 0.909. The van der Waals surface area contributed by atoms with E-state index in [2.05, 4.69) is 4.72 Å². The summed E-state index contributed by atoms with van der Waals surface area (Å²) in [7, 11) is -3.49. The maximum atomic E-state index is 11.9. The third kappa shape index (κ3) is 5.43. The molecule has 0 aliphatic carbocycles. The lowest BCUT2D eigenvalue weighted by Gasteiger charge is -2.29. The van der Waals surface area contributed by atoms with Crippen molar-refractivity contribution in [1.82, 2.24) is 9.03 Å². The van der Waals surface area contributed by atoms with Crippen LogP contribution in [0.25, 0.3) is 0 Å². The fourth-order valence-electron chi connectivity index (χ4n) is 2.05. The average Bonchev–Trinajstić information content (AvgIpc) is 2.38. The minimum atomic E-state index is -3.49. The first-order valence-electron chi connectivity index (χ1n) is 6.56. The Balaban J connectivity index is 2.32. The molecule has 19 heavy (non-hydrogen) atoms. The molecule has 1 heterocycles. The van der Waals surface area contributed by atoms with Gasteiger partial charge in [0.25, 0.3) is 10.2 Å². The van der Waals surface area contributed by atoms with E-state index in [4.69, 9.17) is 10.2 Å². The first-order valence-corrected chi connectivity index (χ1v) is 8.00. The number of rotatable bonds is 8. The summed E-state index contributed by atoms with van der Waals surface area (Å²) in [6.07, 6.45) is 2.86. The molecular formula is C11H22N2O5S. The van der Waals surface area contributed by atoms with Crippen LogP contribution in [0.3, 0.4) is 0 Å². The summed E-state index contributed by atoms with van der Waals surface area (Å²) >= 11 is 0. The molecule has 7 nitrogen and oxygen atoms in total. The standard InChI is InChI=1S/C11H22N2O5S/c14-9-3-1-2-6-12-19(17,18)13-7-4-10(5-8-13)11(15)16/h10,12,14H,1-9H2,(H,15,16). The third-order valence-electron chi connectivity index (χ3n) is 3.26. The van der Waals surface area contributed by atoms with Crippen molar-refractivity contribution in [2.24, 2.45) is 5.92 Å². The van der Waals surface area contributed by atoms with Crippen LogP contribution in [0.2, 0.25) is 0 Å². The lowest BCUT2D eigenvalue weighted by atomic mass is 9.99. The van der Waals surface area contributed by atoms with Gasteiger partial charge >= 0.3 is 5.97 Å². The van der Waals surface area contributed by atoms with Crippen LogP contribution in [0.5, 0.6) is 0 Å². The summed E-state index contributed by atoms with van der Waals surface area (Å²) in [5, 5.41) is 17.5. The zero-order valence-electron chi connectivity index (χ0n) is 10.9. The van der Waals surface area contributed by atoms with Gasteiger partial charge < -0.3 is 10.2 Å². The number of aliphatic hydroxyl groups is 1. The molecule has 1 aliphatic heterocycles. The van der Waals surface area contributed by atoms with Crippen molar-refractivity contribution in [1.29, 1.82) is 0 Å². The highest BCUT2D eigenvalue weighted by molar-refractivity contribution is 7.87. The van der Waals surface area contributed by atoms with Crippen LogP contribution in [0.1, 0.15) is 32.1 Å². The summed E-state index contributed by atoms with van der Waals surface area (Å²) in [5.74, 6) is -1.29. The van der Waals surface area contributed by atoms with Gasteiger partial charge in [0, 0.05) is 26.2 Å². The summed E-state index contributed by atoms with van der Waals surface area (Å²) in [4.78, 5) is 10.8. The van der Waals surface area contributed by atoms with Gasteiger partial charge in [-0.3, -0.25) is 4.79 Å². The molecule has 0 atom stereocenters. The van der Waals surface area contributed by atoms with Gasteiger partial charge in [-0.2, -0.15) is 12.7 Å². The molecule has 0 spiro atoms. The maximum absolute atomic E-state index is 11.9. The van der Waals surface area contributed by atoms with Crippen molar-refractivity contribution < 1.29 is 23.4 Å². The van der Waals surface area contributed by atoms with Crippen LogP contribution in [0, 0.1) is 5.92 Å². The van der Waals surface area contributed by atoms with Crippen LogP contribution in [0.15, 0.2) is 0 Å². The second kappa shape index (κ2) is 7.78.